The van der Waals surface area contributed by atoms with E-state index in [1.165, 1.54) is 6.07 Å². The van der Waals surface area contributed by atoms with Crippen molar-refractivity contribution in [3.8, 4) is 11.5 Å². The number of hydrogen-bond acceptors (Lipinski definition) is 1. The van der Waals surface area contributed by atoms with Crippen molar-refractivity contribution in [3.63, 3.8) is 0 Å². The fourth-order valence-corrected chi connectivity index (χ4v) is 1.67. The van der Waals surface area contributed by atoms with Gasteiger partial charge in [0.05, 0.1) is 10.0 Å². The SMILES string of the molecule is Clc1c[c]c(Oc2ccccc2)c(Cl)c1Cl. The summed E-state index contributed by atoms with van der Waals surface area (Å²) in [5.41, 5.74) is 0. The molecule has 0 spiro atoms. The maximum Gasteiger partial charge on any atom is 0.155 e. The first kappa shape index (κ1) is 11.6. The summed E-state index contributed by atoms with van der Waals surface area (Å²) < 4.78 is 5.51. The lowest BCUT2D eigenvalue weighted by atomic mass is 10.3. The Balaban J connectivity index is 2.33. The summed E-state index contributed by atoms with van der Waals surface area (Å²) in [4.78, 5) is 0. The molecule has 0 bridgehead atoms. The number of hydrogen-bond donors (Lipinski definition) is 0. The number of benzene rings is 2. The normalized spacial score (nSPS) is 10.2. The van der Waals surface area contributed by atoms with Crippen molar-refractivity contribution in [1.82, 2.24) is 0 Å². The zero-order chi connectivity index (χ0) is 11.5. The first-order chi connectivity index (χ1) is 7.68. The zero-order valence-electron chi connectivity index (χ0n) is 8.01. The molecule has 0 atom stereocenters. The molecule has 1 radical (unpaired) electrons. The van der Waals surface area contributed by atoms with Crippen molar-refractivity contribution in [2.24, 2.45) is 0 Å². The quantitative estimate of drug-likeness (QED) is 0.679. The highest BCUT2D eigenvalue weighted by Gasteiger charge is 2.10. The van der Waals surface area contributed by atoms with Gasteiger partial charge in [-0.05, 0) is 18.2 Å². The molecule has 1 nitrogen and oxygen atoms in total. The molecule has 0 aliphatic heterocycles. The Hall–Kier alpha value is -0.890. The van der Waals surface area contributed by atoms with E-state index < -0.39 is 0 Å². The molecule has 81 valence electrons. The van der Waals surface area contributed by atoms with Crippen molar-refractivity contribution in [2.45, 2.75) is 0 Å². The number of rotatable bonds is 2. The molecule has 0 aromatic heterocycles. The Labute approximate surface area is 109 Å². The van der Waals surface area contributed by atoms with E-state index in [0.717, 1.165) is 0 Å². The molecular weight excluding hydrogens is 266 g/mol. The van der Waals surface area contributed by atoms with Gasteiger partial charge in [-0.15, -0.1) is 0 Å². The van der Waals surface area contributed by atoms with Crippen molar-refractivity contribution in [1.29, 1.82) is 0 Å². The maximum atomic E-state index is 5.98. The average Bonchev–Trinajstić information content (AvgIpc) is 2.31. The van der Waals surface area contributed by atoms with Crippen molar-refractivity contribution in [3.05, 3.63) is 57.5 Å². The number of para-hydroxylation sites is 1. The Morgan fingerprint density at radius 2 is 1.62 bits per heavy atom. The molecule has 4 heteroatoms. The van der Waals surface area contributed by atoms with Crippen molar-refractivity contribution >= 4 is 34.8 Å². The standard InChI is InChI=1S/C12H6Cl3O/c13-9-6-7-10(12(15)11(9)14)16-8-4-2-1-3-5-8/h1-6H. The molecule has 2 rings (SSSR count). The predicted octanol–water partition coefficient (Wildman–Crippen LogP) is 5.24. The molecule has 0 heterocycles. The second kappa shape index (κ2) is 4.96. The fraction of sp³-hybridized carbons (Fsp3) is 0. The largest absolute Gasteiger partial charge is 0.455 e. The van der Waals surface area contributed by atoms with Gasteiger partial charge >= 0.3 is 0 Å². The Kier molecular flexibility index (Phi) is 3.59. The number of halogens is 3. The minimum Gasteiger partial charge on any atom is -0.455 e. The van der Waals surface area contributed by atoms with E-state index in [0.29, 0.717) is 16.5 Å². The van der Waals surface area contributed by atoms with Crippen LogP contribution < -0.4 is 4.74 Å². The van der Waals surface area contributed by atoms with Crippen LogP contribution in [0, 0.1) is 6.07 Å². The van der Waals surface area contributed by atoms with Gasteiger partial charge in [-0.25, -0.2) is 0 Å². The van der Waals surface area contributed by atoms with Crippen LogP contribution in [0.1, 0.15) is 0 Å². The first-order valence-electron chi connectivity index (χ1n) is 4.46. The lowest BCUT2D eigenvalue weighted by molar-refractivity contribution is 0.482. The van der Waals surface area contributed by atoms with Gasteiger partial charge < -0.3 is 4.74 Å². The fourth-order valence-electron chi connectivity index (χ4n) is 1.14. The third kappa shape index (κ3) is 2.43. The van der Waals surface area contributed by atoms with Crippen molar-refractivity contribution in [2.75, 3.05) is 0 Å². The Morgan fingerprint density at radius 3 is 2.31 bits per heavy atom. The van der Waals surface area contributed by atoms with Crippen LogP contribution in [-0.4, -0.2) is 0 Å². The maximum absolute atomic E-state index is 5.98. The molecule has 16 heavy (non-hydrogen) atoms. The van der Waals surface area contributed by atoms with Gasteiger partial charge in [0, 0.05) is 6.07 Å². The average molecular weight is 273 g/mol. The van der Waals surface area contributed by atoms with Gasteiger partial charge in [0.25, 0.3) is 0 Å². The monoisotopic (exact) mass is 271 g/mol. The third-order valence-electron chi connectivity index (χ3n) is 1.89. The third-order valence-corrected chi connectivity index (χ3v) is 3.14. The van der Waals surface area contributed by atoms with Crippen LogP contribution >= 0.6 is 34.8 Å². The van der Waals surface area contributed by atoms with Crippen LogP contribution in [0.25, 0.3) is 0 Å². The molecule has 0 fully saturated rings. The van der Waals surface area contributed by atoms with Crippen LogP contribution in [0.4, 0.5) is 0 Å². The van der Waals surface area contributed by atoms with Crippen LogP contribution in [0.5, 0.6) is 11.5 Å². The summed E-state index contributed by atoms with van der Waals surface area (Å²) in [6, 6.07) is 13.6. The van der Waals surface area contributed by atoms with E-state index in [2.05, 4.69) is 6.07 Å². The van der Waals surface area contributed by atoms with Gasteiger partial charge in [-0.1, -0.05) is 53.0 Å². The summed E-state index contributed by atoms with van der Waals surface area (Å²) in [5.74, 6) is 1.03. The molecular formula is C12H6Cl3O. The van der Waals surface area contributed by atoms with Gasteiger partial charge in [0.2, 0.25) is 0 Å². The summed E-state index contributed by atoms with van der Waals surface area (Å²) in [6.07, 6.45) is 0. The summed E-state index contributed by atoms with van der Waals surface area (Å²) in [5, 5.41) is 0.887. The van der Waals surface area contributed by atoms with Gasteiger partial charge in [-0.2, -0.15) is 0 Å². The smallest absolute Gasteiger partial charge is 0.155 e. The van der Waals surface area contributed by atoms with E-state index in [-0.39, 0.29) is 10.0 Å². The van der Waals surface area contributed by atoms with Gasteiger partial charge in [0.1, 0.15) is 10.8 Å². The van der Waals surface area contributed by atoms with E-state index in [9.17, 15) is 0 Å². The topological polar surface area (TPSA) is 9.23 Å². The Bertz CT molecular complexity index is 497. The van der Waals surface area contributed by atoms with E-state index in [4.69, 9.17) is 39.5 Å². The lowest BCUT2D eigenvalue weighted by Gasteiger charge is -2.08. The highest BCUT2D eigenvalue weighted by atomic mass is 35.5. The van der Waals surface area contributed by atoms with E-state index >= 15 is 0 Å². The van der Waals surface area contributed by atoms with Crippen LogP contribution in [0.15, 0.2) is 36.4 Å². The van der Waals surface area contributed by atoms with E-state index in [1.54, 1.807) is 0 Å². The summed E-state index contributed by atoms with van der Waals surface area (Å²) in [7, 11) is 0. The zero-order valence-corrected chi connectivity index (χ0v) is 10.3. The molecule has 2 aromatic rings. The molecule has 0 saturated heterocycles. The van der Waals surface area contributed by atoms with Crippen LogP contribution in [0.3, 0.4) is 0 Å². The summed E-state index contributed by atoms with van der Waals surface area (Å²) >= 11 is 17.6. The first-order valence-corrected chi connectivity index (χ1v) is 5.60. The minimum absolute atomic E-state index is 0.262. The molecule has 0 aliphatic rings. The van der Waals surface area contributed by atoms with Gasteiger partial charge in [-0.3, -0.25) is 0 Å². The number of ether oxygens (including phenoxy) is 1. The minimum atomic E-state index is 0.262. The molecule has 2 aromatic carbocycles. The predicted molar refractivity (Wildman–Crippen MR) is 66.8 cm³/mol. The molecule has 0 unspecified atom stereocenters. The molecule has 0 saturated carbocycles. The second-order valence-electron chi connectivity index (χ2n) is 3.01. The van der Waals surface area contributed by atoms with Gasteiger partial charge in [0.15, 0.2) is 5.75 Å². The highest BCUT2D eigenvalue weighted by Crippen LogP contribution is 2.38. The van der Waals surface area contributed by atoms with Crippen LogP contribution in [-0.2, 0) is 0 Å². The van der Waals surface area contributed by atoms with Crippen LogP contribution in [0.2, 0.25) is 15.1 Å². The van der Waals surface area contributed by atoms with Crippen molar-refractivity contribution < 1.29 is 4.74 Å². The molecule has 0 N–H and O–H groups in total. The second-order valence-corrected chi connectivity index (χ2v) is 4.17. The summed E-state index contributed by atoms with van der Waals surface area (Å²) in [6.45, 7) is 0. The highest BCUT2D eigenvalue weighted by molar-refractivity contribution is 6.48. The van der Waals surface area contributed by atoms with E-state index in [1.807, 2.05) is 30.3 Å². The lowest BCUT2D eigenvalue weighted by Crippen LogP contribution is -1.86. The molecule has 0 amide bonds. The Morgan fingerprint density at radius 1 is 0.938 bits per heavy atom. The molecule has 0 aliphatic carbocycles.